The maximum absolute atomic E-state index is 11.4. The van der Waals surface area contributed by atoms with Gasteiger partial charge in [0.25, 0.3) is 6.01 Å². The number of anilines is 1. The van der Waals surface area contributed by atoms with E-state index in [1.165, 1.54) is 6.26 Å². The van der Waals surface area contributed by atoms with Gasteiger partial charge in [0, 0.05) is 11.0 Å². The van der Waals surface area contributed by atoms with Gasteiger partial charge in [-0.1, -0.05) is 28.1 Å². The highest BCUT2D eigenvalue weighted by Crippen LogP contribution is 2.14. The molecule has 0 saturated carbocycles. The minimum atomic E-state index is -0.484. The summed E-state index contributed by atoms with van der Waals surface area (Å²) in [5, 5.41) is 3.00. The molecule has 1 heterocycles. The number of oxazole rings is 1. The second-order valence-corrected chi connectivity index (χ2v) is 4.66. The summed E-state index contributed by atoms with van der Waals surface area (Å²) in [6, 6.07) is 8.16. The smallest absolute Gasteiger partial charge is 0.360 e. The van der Waals surface area contributed by atoms with Gasteiger partial charge in [-0.3, -0.25) is 0 Å². The Kier molecular flexibility index (Phi) is 4.57. The molecule has 0 bridgehead atoms. The lowest BCUT2D eigenvalue weighted by Gasteiger charge is -2.02. The Hall–Kier alpha value is -1.82. The van der Waals surface area contributed by atoms with Crippen molar-refractivity contribution in [3.8, 4) is 0 Å². The summed E-state index contributed by atoms with van der Waals surface area (Å²) in [6.45, 7) is 2.61. The Balaban J connectivity index is 1.95. The van der Waals surface area contributed by atoms with Crippen molar-refractivity contribution >= 4 is 27.9 Å². The highest BCUT2D eigenvalue weighted by Gasteiger charge is 2.12. The van der Waals surface area contributed by atoms with Gasteiger partial charge >= 0.3 is 5.97 Å². The summed E-state index contributed by atoms with van der Waals surface area (Å²) in [7, 11) is 0. The van der Waals surface area contributed by atoms with Crippen molar-refractivity contribution in [3.05, 3.63) is 46.3 Å². The number of hydrogen-bond donors (Lipinski definition) is 1. The maximum atomic E-state index is 11.4. The highest BCUT2D eigenvalue weighted by atomic mass is 79.9. The standard InChI is InChI=1S/C13H13BrN2O3/c1-2-18-12(17)11-8-19-13(16-11)15-7-9-4-3-5-10(14)6-9/h3-6,8H,2,7H2,1H3,(H,15,16). The molecular formula is C13H13BrN2O3. The summed E-state index contributed by atoms with van der Waals surface area (Å²) in [4.78, 5) is 15.4. The first kappa shape index (κ1) is 13.6. The molecule has 0 radical (unpaired) electrons. The van der Waals surface area contributed by atoms with Crippen LogP contribution in [0, 0.1) is 0 Å². The van der Waals surface area contributed by atoms with Crippen molar-refractivity contribution in [2.75, 3.05) is 11.9 Å². The van der Waals surface area contributed by atoms with Crippen molar-refractivity contribution in [1.82, 2.24) is 4.98 Å². The molecule has 100 valence electrons. The molecule has 1 N–H and O–H groups in total. The molecular weight excluding hydrogens is 312 g/mol. The lowest BCUT2D eigenvalue weighted by molar-refractivity contribution is 0.0519. The third-order valence-corrected chi connectivity index (χ3v) is 2.81. The van der Waals surface area contributed by atoms with E-state index in [1.807, 2.05) is 24.3 Å². The summed E-state index contributed by atoms with van der Waals surface area (Å²) >= 11 is 3.40. The minimum absolute atomic E-state index is 0.165. The summed E-state index contributed by atoms with van der Waals surface area (Å²) in [5.41, 5.74) is 1.24. The monoisotopic (exact) mass is 324 g/mol. The molecule has 0 saturated heterocycles. The van der Waals surface area contributed by atoms with Crippen LogP contribution in [0.5, 0.6) is 0 Å². The number of halogens is 1. The Labute approximate surface area is 119 Å². The van der Waals surface area contributed by atoms with Crippen LogP contribution in [0.4, 0.5) is 6.01 Å². The molecule has 6 heteroatoms. The fourth-order valence-corrected chi connectivity index (χ4v) is 1.92. The molecule has 2 aromatic rings. The SMILES string of the molecule is CCOC(=O)c1coc(NCc2cccc(Br)c2)n1. The average molecular weight is 325 g/mol. The van der Waals surface area contributed by atoms with Crippen LogP contribution in [0.3, 0.4) is 0 Å². The minimum Gasteiger partial charge on any atom is -0.461 e. The molecule has 0 aliphatic rings. The normalized spacial score (nSPS) is 10.2. The van der Waals surface area contributed by atoms with Gasteiger partial charge in [0.1, 0.15) is 6.26 Å². The van der Waals surface area contributed by atoms with E-state index < -0.39 is 5.97 Å². The van der Waals surface area contributed by atoms with Crippen LogP contribution in [0.25, 0.3) is 0 Å². The first-order chi connectivity index (χ1) is 9.19. The largest absolute Gasteiger partial charge is 0.461 e. The molecule has 0 fully saturated rings. The van der Waals surface area contributed by atoms with Gasteiger partial charge in [-0.2, -0.15) is 4.98 Å². The van der Waals surface area contributed by atoms with Crippen LogP contribution in [-0.4, -0.2) is 17.6 Å². The molecule has 1 aromatic heterocycles. The first-order valence-corrected chi connectivity index (χ1v) is 6.59. The molecule has 1 aromatic carbocycles. The second kappa shape index (κ2) is 6.38. The number of esters is 1. The van der Waals surface area contributed by atoms with E-state index in [1.54, 1.807) is 6.92 Å². The predicted molar refractivity (Wildman–Crippen MR) is 73.9 cm³/mol. The number of benzene rings is 1. The third kappa shape index (κ3) is 3.82. The first-order valence-electron chi connectivity index (χ1n) is 5.80. The van der Waals surface area contributed by atoms with Crippen molar-refractivity contribution in [2.45, 2.75) is 13.5 Å². The zero-order valence-electron chi connectivity index (χ0n) is 10.4. The van der Waals surface area contributed by atoms with E-state index in [-0.39, 0.29) is 5.69 Å². The lowest BCUT2D eigenvalue weighted by atomic mass is 10.2. The molecule has 0 amide bonds. The van der Waals surface area contributed by atoms with Gasteiger partial charge in [-0.05, 0) is 24.6 Å². The molecule has 0 atom stereocenters. The van der Waals surface area contributed by atoms with Gasteiger partial charge in [-0.25, -0.2) is 4.79 Å². The lowest BCUT2D eigenvalue weighted by Crippen LogP contribution is -2.05. The Morgan fingerprint density at radius 2 is 2.37 bits per heavy atom. The maximum Gasteiger partial charge on any atom is 0.360 e. The predicted octanol–water partition coefficient (Wildman–Crippen LogP) is 3.23. The molecule has 5 nitrogen and oxygen atoms in total. The van der Waals surface area contributed by atoms with Crippen LogP contribution >= 0.6 is 15.9 Å². The summed E-state index contributed by atoms with van der Waals surface area (Å²) in [5.74, 6) is -0.484. The highest BCUT2D eigenvalue weighted by molar-refractivity contribution is 9.10. The molecule has 0 unspecified atom stereocenters. The number of hydrogen-bond acceptors (Lipinski definition) is 5. The van der Waals surface area contributed by atoms with E-state index in [9.17, 15) is 4.79 Å². The van der Waals surface area contributed by atoms with Crippen LogP contribution in [-0.2, 0) is 11.3 Å². The Morgan fingerprint density at radius 3 is 3.11 bits per heavy atom. The number of carbonyl (C=O) groups is 1. The molecule has 2 rings (SSSR count). The Morgan fingerprint density at radius 1 is 1.53 bits per heavy atom. The van der Waals surface area contributed by atoms with Crippen molar-refractivity contribution in [2.24, 2.45) is 0 Å². The van der Waals surface area contributed by atoms with Crippen LogP contribution in [0.1, 0.15) is 23.0 Å². The fraction of sp³-hybridized carbons (Fsp3) is 0.231. The van der Waals surface area contributed by atoms with Gasteiger partial charge in [-0.15, -0.1) is 0 Å². The van der Waals surface area contributed by atoms with Crippen molar-refractivity contribution in [1.29, 1.82) is 0 Å². The van der Waals surface area contributed by atoms with Gasteiger partial charge < -0.3 is 14.5 Å². The molecule has 0 aliphatic heterocycles. The number of ether oxygens (including phenoxy) is 1. The average Bonchev–Trinajstić information content (AvgIpc) is 2.86. The number of rotatable bonds is 5. The fourth-order valence-electron chi connectivity index (χ4n) is 1.48. The third-order valence-electron chi connectivity index (χ3n) is 2.32. The second-order valence-electron chi connectivity index (χ2n) is 3.74. The molecule has 0 spiro atoms. The number of nitrogens with one attached hydrogen (secondary N) is 1. The van der Waals surface area contributed by atoms with Crippen LogP contribution in [0.15, 0.2) is 39.4 Å². The Bertz CT molecular complexity index is 569. The number of carbonyl (C=O) groups excluding carboxylic acids is 1. The summed E-state index contributed by atoms with van der Waals surface area (Å²) in [6.07, 6.45) is 1.28. The molecule has 0 aliphatic carbocycles. The number of nitrogens with zero attached hydrogens (tertiary/aromatic N) is 1. The van der Waals surface area contributed by atoms with Gasteiger partial charge in [0.05, 0.1) is 6.61 Å². The zero-order chi connectivity index (χ0) is 13.7. The van der Waals surface area contributed by atoms with Crippen molar-refractivity contribution < 1.29 is 13.9 Å². The van der Waals surface area contributed by atoms with E-state index in [4.69, 9.17) is 9.15 Å². The van der Waals surface area contributed by atoms with Crippen LogP contribution in [0.2, 0.25) is 0 Å². The molecule has 19 heavy (non-hydrogen) atoms. The topological polar surface area (TPSA) is 64.4 Å². The van der Waals surface area contributed by atoms with E-state index in [2.05, 4.69) is 26.2 Å². The number of aromatic nitrogens is 1. The van der Waals surface area contributed by atoms with Crippen molar-refractivity contribution in [3.63, 3.8) is 0 Å². The zero-order valence-corrected chi connectivity index (χ0v) is 11.9. The van der Waals surface area contributed by atoms with E-state index in [0.717, 1.165) is 10.0 Å². The van der Waals surface area contributed by atoms with E-state index in [0.29, 0.717) is 19.2 Å². The van der Waals surface area contributed by atoms with Gasteiger partial charge in [0.15, 0.2) is 5.69 Å². The van der Waals surface area contributed by atoms with Crippen LogP contribution < -0.4 is 5.32 Å². The quantitative estimate of drug-likeness (QED) is 0.855. The van der Waals surface area contributed by atoms with Gasteiger partial charge in [0.2, 0.25) is 0 Å². The summed E-state index contributed by atoms with van der Waals surface area (Å²) < 4.78 is 11.0. The van der Waals surface area contributed by atoms with E-state index >= 15 is 0 Å².